The van der Waals surface area contributed by atoms with E-state index in [1.165, 1.54) is 17.4 Å². The van der Waals surface area contributed by atoms with Crippen molar-refractivity contribution >= 4 is 33.3 Å². The van der Waals surface area contributed by atoms with Gasteiger partial charge < -0.3 is 9.15 Å². The summed E-state index contributed by atoms with van der Waals surface area (Å²) in [4.78, 5) is 29.7. The average Bonchev–Trinajstić information content (AvgIpc) is 2.84. The number of carbonyl (C=O) groups excluding carboxylic acids is 1. The molecule has 0 bridgehead atoms. The minimum atomic E-state index is -0.590. The van der Waals surface area contributed by atoms with Crippen molar-refractivity contribution in [2.75, 3.05) is 11.9 Å². The molecule has 24 heavy (non-hydrogen) atoms. The number of hydrogen-bond donors (Lipinski definition) is 1. The Morgan fingerprint density at radius 1 is 1.33 bits per heavy atom. The molecular weight excluding hydrogens is 328 g/mol. The number of carbonyl (C=O) groups is 1. The molecule has 3 rings (SSSR count). The highest BCUT2D eigenvalue weighted by molar-refractivity contribution is 7.15. The molecule has 0 radical (unpaired) electrons. The van der Waals surface area contributed by atoms with Crippen molar-refractivity contribution < 1.29 is 13.9 Å². The number of aryl methyl sites for hydroxylation is 2. The van der Waals surface area contributed by atoms with Gasteiger partial charge in [0.25, 0.3) is 5.91 Å². The fraction of sp³-hybridized carbons (Fsp3) is 0.235. The van der Waals surface area contributed by atoms with E-state index in [-0.39, 0.29) is 5.56 Å². The van der Waals surface area contributed by atoms with E-state index in [1.54, 1.807) is 18.2 Å². The number of ether oxygens (including phenoxy) is 1. The van der Waals surface area contributed by atoms with Gasteiger partial charge in [0.15, 0.2) is 5.13 Å². The smallest absolute Gasteiger partial charge is 0.337 e. The van der Waals surface area contributed by atoms with Crippen LogP contribution in [0.15, 0.2) is 33.5 Å². The van der Waals surface area contributed by atoms with Crippen LogP contribution >= 0.6 is 11.3 Å². The molecule has 0 saturated carbocycles. The molecule has 7 heteroatoms. The number of rotatable bonds is 4. The highest BCUT2D eigenvalue weighted by atomic mass is 32.1. The van der Waals surface area contributed by atoms with Crippen LogP contribution in [0, 0.1) is 13.8 Å². The maximum Gasteiger partial charge on any atom is 0.337 e. The van der Waals surface area contributed by atoms with Crippen molar-refractivity contribution in [2.24, 2.45) is 0 Å². The van der Waals surface area contributed by atoms with E-state index in [9.17, 15) is 9.59 Å². The van der Waals surface area contributed by atoms with E-state index in [0.29, 0.717) is 28.5 Å². The van der Waals surface area contributed by atoms with E-state index in [1.807, 2.05) is 20.8 Å². The first-order valence-electron chi connectivity index (χ1n) is 7.44. The second kappa shape index (κ2) is 6.45. The van der Waals surface area contributed by atoms with Crippen LogP contribution in [0.25, 0.3) is 11.0 Å². The lowest BCUT2D eigenvalue weighted by Crippen LogP contribution is -2.15. The lowest BCUT2D eigenvalue weighted by molar-refractivity contribution is 0.102. The summed E-state index contributed by atoms with van der Waals surface area (Å²) in [5.74, 6) is 0.183. The van der Waals surface area contributed by atoms with Crippen molar-refractivity contribution in [3.63, 3.8) is 0 Å². The topological polar surface area (TPSA) is 81.4 Å². The molecule has 124 valence electrons. The molecule has 0 fully saturated rings. The SMILES string of the molecule is CCOc1ccc2c(C(=O)Nc3nc(C)c(C)s3)cc(=O)oc2c1. The summed E-state index contributed by atoms with van der Waals surface area (Å²) in [5, 5.41) is 3.78. The van der Waals surface area contributed by atoms with E-state index in [4.69, 9.17) is 9.15 Å². The van der Waals surface area contributed by atoms with Gasteiger partial charge in [-0.3, -0.25) is 10.1 Å². The zero-order chi connectivity index (χ0) is 17.3. The second-order valence-corrected chi connectivity index (χ2v) is 6.39. The fourth-order valence-electron chi connectivity index (χ4n) is 2.28. The minimum absolute atomic E-state index is 0.245. The summed E-state index contributed by atoms with van der Waals surface area (Å²) in [6.07, 6.45) is 0. The Labute approximate surface area is 142 Å². The van der Waals surface area contributed by atoms with Crippen LogP contribution in [0.3, 0.4) is 0 Å². The third-order valence-corrected chi connectivity index (χ3v) is 4.51. The monoisotopic (exact) mass is 344 g/mol. The normalized spacial score (nSPS) is 10.8. The zero-order valence-corrected chi connectivity index (χ0v) is 14.3. The van der Waals surface area contributed by atoms with Gasteiger partial charge >= 0.3 is 5.63 Å². The van der Waals surface area contributed by atoms with Crippen LogP contribution < -0.4 is 15.7 Å². The summed E-state index contributed by atoms with van der Waals surface area (Å²) in [6, 6.07) is 6.23. The van der Waals surface area contributed by atoms with E-state index >= 15 is 0 Å². The number of thiazole rings is 1. The Hall–Kier alpha value is -2.67. The molecule has 3 aromatic rings. The fourth-order valence-corrected chi connectivity index (χ4v) is 3.09. The van der Waals surface area contributed by atoms with Crippen molar-refractivity contribution in [1.82, 2.24) is 4.98 Å². The Morgan fingerprint density at radius 2 is 2.12 bits per heavy atom. The number of aromatic nitrogens is 1. The molecule has 2 aromatic heterocycles. The first-order chi connectivity index (χ1) is 11.5. The third-order valence-electron chi connectivity index (χ3n) is 3.52. The van der Waals surface area contributed by atoms with Crippen LogP contribution in [0.1, 0.15) is 27.9 Å². The number of nitrogens with one attached hydrogen (secondary N) is 1. The quantitative estimate of drug-likeness (QED) is 0.732. The van der Waals surface area contributed by atoms with Gasteiger partial charge in [-0.2, -0.15) is 0 Å². The van der Waals surface area contributed by atoms with Crippen LogP contribution in [-0.2, 0) is 0 Å². The predicted octanol–water partition coefficient (Wildman–Crippen LogP) is 3.52. The standard InChI is InChI=1S/C17H16N2O4S/c1-4-22-11-5-6-12-13(8-15(20)23-14(12)7-11)16(21)19-17-18-9(2)10(3)24-17/h5-8H,4H2,1-3H3,(H,18,19,21). The maximum atomic E-state index is 12.6. The molecular formula is C17H16N2O4S. The number of fused-ring (bicyclic) bond motifs is 1. The first kappa shape index (κ1) is 16.2. The average molecular weight is 344 g/mol. The molecule has 0 saturated heterocycles. The summed E-state index contributed by atoms with van der Waals surface area (Å²) in [5.41, 5.74) is 0.835. The van der Waals surface area contributed by atoms with Gasteiger partial charge in [0.2, 0.25) is 0 Å². The highest BCUT2D eigenvalue weighted by Gasteiger charge is 2.16. The number of hydrogen-bond acceptors (Lipinski definition) is 6. The summed E-state index contributed by atoms with van der Waals surface area (Å²) >= 11 is 1.39. The molecule has 2 heterocycles. The Bertz CT molecular complexity index is 955. The molecule has 0 atom stereocenters. The van der Waals surface area contributed by atoms with E-state index < -0.39 is 11.5 Å². The molecule has 6 nitrogen and oxygen atoms in total. The van der Waals surface area contributed by atoms with E-state index in [2.05, 4.69) is 10.3 Å². The second-order valence-electron chi connectivity index (χ2n) is 5.18. The molecule has 0 aliphatic heterocycles. The van der Waals surface area contributed by atoms with Crippen molar-refractivity contribution in [2.45, 2.75) is 20.8 Å². The summed E-state index contributed by atoms with van der Waals surface area (Å²) in [7, 11) is 0. The molecule has 0 spiro atoms. The van der Waals surface area contributed by atoms with Gasteiger partial charge in [-0.25, -0.2) is 9.78 Å². The lowest BCUT2D eigenvalue weighted by Gasteiger charge is -2.07. The van der Waals surface area contributed by atoms with Gasteiger partial charge in [0.05, 0.1) is 17.9 Å². The lowest BCUT2D eigenvalue weighted by atomic mass is 10.1. The van der Waals surface area contributed by atoms with Gasteiger partial charge in [0.1, 0.15) is 11.3 Å². The third kappa shape index (κ3) is 3.16. The molecule has 1 amide bonds. The van der Waals surface area contributed by atoms with Crippen LogP contribution in [0.5, 0.6) is 5.75 Å². The minimum Gasteiger partial charge on any atom is -0.494 e. The van der Waals surface area contributed by atoms with Gasteiger partial charge in [-0.05, 0) is 32.9 Å². The Morgan fingerprint density at radius 3 is 2.79 bits per heavy atom. The molecule has 1 N–H and O–H groups in total. The Balaban J connectivity index is 2.01. The first-order valence-corrected chi connectivity index (χ1v) is 8.25. The number of amides is 1. The molecule has 0 aliphatic carbocycles. The molecule has 0 unspecified atom stereocenters. The number of anilines is 1. The van der Waals surface area contributed by atoms with Crippen LogP contribution in [-0.4, -0.2) is 17.5 Å². The highest BCUT2D eigenvalue weighted by Crippen LogP contribution is 2.25. The van der Waals surface area contributed by atoms with Crippen molar-refractivity contribution in [3.05, 3.63) is 50.8 Å². The van der Waals surface area contributed by atoms with Crippen LogP contribution in [0.2, 0.25) is 0 Å². The number of nitrogens with zero attached hydrogens (tertiary/aromatic N) is 1. The molecule has 0 aliphatic rings. The zero-order valence-electron chi connectivity index (χ0n) is 13.5. The van der Waals surface area contributed by atoms with Crippen LogP contribution in [0.4, 0.5) is 5.13 Å². The number of benzene rings is 1. The molecule has 1 aromatic carbocycles. The largest absolute Gasteiger partial charge is 0.494 e. The summed E-state index contributed by atoms with van der Waals surface area (Å²) in [6.45, 7) is 6.18. The predicted molar refractivity (Wildman–Crippen MR) is 93.2 cm³/mol. The summed E-state index contributed by atoms with van der Waals surface area (Å²) < 4.78 is 10.6. The van der Waals surface area contributed by atoms with Gasteiger partial charge in [-0.15, -0.1) is 11.3 Å². The van der Waals surface area contributed by atoms with Crippen molar-refractivity contribution in [1.29, 1.82) is 0 Å². The Kier molecular flexibility index (Phi) is 4.35. The van der Waals surface area contributed by atoms with Gasteiger partial charge in [0, 0.05) is 22.4 Å². The maximum absolute atomic E-state index is 12.6. The van der Waals surface area contributed by atoms with Crippen molar-refractivity contribution in [3.8, 4) is 5.75 Å². The van der Waals surface area contributed by atoms with E-state index in [0.717, 1.165) is 10.6 Å². The van der Waals surface area contributed by atoms with Gasteiger partial charge in [-0.1, -0.05) is 0 Å².